The van der Waals surface area contributed by atoms with E-state index in [4.69, 9.17) is 4.55 Å². The SMILES string of the molecule is C=C(F)C(=O)OC(OCCCC(F)(F)C(F)(F)S(=O)(=O)O)(C(=O)OC1CCCCC1)C(F)(F)F. The summed E-state index contributed by atoms with van der Waals surface area (Å²) < 4.78 is 150. The molecule has 0 radical (unpaired) electrons. The summed E-state index contributed by atoms with van der Waals surface area (Å²) in [6, 6.07) is 0. The average molecular weight is 536 g/mol. The second-order valence-corrected chi connectivity index (χ2v) is 8.69. The molecule has 1 fully saturated rings. The van der Waals surface area contributed by atoms with Crippen LogP contribution in [0, 0.1) is 0 Å². The Labute approximate surface area is 187 Å². The fourth-order valence-electron chi connectivity index (χ4n) is 2.83. The molecule has 0 heterocycles. The maximum atomic E-state index is 13.8. The zero-order valence-corrected chi connectivity index (χ0v) is 18.0. The molecule has 8 nitrogen and oxygen atoms in total. The third-order valence-corrected chi connectivity index (χ3v) is 5.56. The third kappa shape index (κ3) is 6.78. The van der Waals surface area contributed by atoms with E-state index < -0.39 is 76.6 Å². The third-order valence-electron chi connectivity index (χ3n) is 4.62. The first-order valence-corrected chi connectivity index (χ1v) is 10.9. The second-order valence-electron chi connectivity index (χ2n) is 7.22. The number of alkyl halides is 7. The minimum Gasteiger partial charge on any atom is -0.457 e. The highest BCUT2D eigenvalue weighted by Gasteiger charge is 2.69. The Kier molecular flexibility index (Phi) is 9.47. The Morgan fingerprint density at radius 1 is 1.00 bits per heavy atom. The van der Waals surface area contributed by atoms with Crippen molar-refractivity contribution in [3.05, 3.63) is 12.4 Å². The van der Waals surface area contributed by atoms with Gasteiger partial charge >= 0.3 is 45.2 Å². The molecule has 1 aliphatic rings. The van der Waals surface area contributed by atoms with Crippen molar-refractivity contribution in [2.75, 3.05) is 6.61 Å². The van der Waals surface area contributed by atoms with E-state index in [1.54, 1.807) is 0 Å². The summed E-state index contributed by atoms with van der Waals surface area (Å²) >= 11 is 0. The Bertz CT molecular complexity index is 867. The van der Waals surface area contributed by atoms with Crippen LogP contribution in [0.1, 0.15) is 44.9 Å². The Balaban J connectivity index is 3.13. The number of carbonyl (C=O) groups excluding carboxylic acids is 2. The molecular formula is C17H20F8O8S. The molecule has 0 saturated heterocycles. The van der Waals surface area contributed by atoms with Crippen LogP contribution in [-0.2, 0) is 33.9 Å². The van der Waals surface area contributed by atoms with Crippen molar-refractivity contribution in [1.82, 2.24) is 0 Å². The number of hydrogen-bond donors (Lipinski definition) is 1. The molecule has 0 aromatic carbocycles. The van der Waals surface area contributed by atoms with E-state index in [0.29, 0.717) is 19.3 Å². The van der Waals surface area contributed by atoms with Gasteiger partial charge in [-0.3, -0.25) is 4.55 Å². The summed E-state index contributed by atoms with van der Waals surface area (Å²) in [7, 11) is -6.60. The van der Waals surface area contributed by atoms with Crippen LogP contribution in [0.25, 0.3) is 0 Å². The van der Waals surface area contributed by atoms with Gasteiger partial charge in [-0.1, -0.05) is 13.0 Å². The van der Waals surface area contributed by atoms with Gasteiger partial charge in [0.2, 0.25) is 5.83 Å². The van der Waals surface area contributed by atoms with Crippen LogP contribution >= 0.6 is 0 Å². The molecule has 1 unspecified atom stereocenters. The molecule has 1 rings (SSSR count). The highest BCUT2D eigenvalue weighted by Crippen LogP contribution is 2.42. The molecule has 0 aromatic rings. The lowest BCUT2D eigenvalue weighted by Crippen LogP contribution is -2.59. The lowest BCUT2D eigenvalue weighted by Gasteiger charge is -2.34. The standard InChI is InChI=1S/C17H20F8O8S/c1-10(18)12(26)33-15(16(21,22)23,13(27)32-11-6-3-2-4-7-11)31-9-5-8-14(19,20)17(24,25)34(28,29)30/h11H,1-9H2,(H,28,29,30). The molecule has 17 heteroatoms. The molecule has 0 aliphatic heterocycles. The summed E-state index contributed by atoms with van der Waals surface area (Å²) in [5.74, 6) is -17.0. The van der Waals surface area contributed by atoms with E-state index >= 15 is 0 Å². The molecule has 1 atom stereocenters. The first-order valence-electron chi connectivity index (χ1n) is 9.50. The van der Waals surface area contributed by atoms with Crippen molar-refractivity contribution in [2.24, 2.45) is 0 Å². The number of carbonyl (C=O) groups is 2. The van der Waals surface area contributed by atoms with Gasteiger partial charge in [-0.25, -0.2) is 9.59 Å². The molecule has 0 aromatic heterocycles. The summed E-state index contributed by atoms with van der Waals surface area (Å²) in [5, 5.41) is -6.00. The molecule has 198 valence electrons. The largest absolute Gasteiger partial charge is 0.468 e. The van der Waals surface area contributed by atoms with Crippen molar-refractivity contribution in [3.8, 4) is 0 Å². The van der Waals surface area contributed by atoms with Crippen molar-refractivity contribution < 1.29 is 71.9 Å². The van der Waals surface area contributed by atoms with Crippen LogP contribution in [0.4, 0.5) is 35.1 Å². The zero-order chi connectivity index (χ0) is 26.6. The van der Waals surface area contributed by atoms with Gasteiger partial charge in [0.25, 0.3) is 0 Å². The predicted molar refractivity (Wildman–Crippen MR) is 94.7 cm³/mol. The van der Waals surface area contributed by atoms with Gasteiger partial charge in [-0.2, -0.15) is 43.5 Å². The van der Waals surface area contributed by atoms with E-state index in [0.717, 1.165) is 0 Å². The summed E-state index contributed by atoms with van der Waals surface area (Å²) in [4.78, 5) is 23.8. The van der Waals surface area contributed by atoms with E-state index in [1.165, 1.54) is 0 Å². The topological polar surface area (TPSA) is 116 Å². The van der Waals surface area contributed by atoms with E-state index in [9.17, 15) is 53.1 Å². The van der Waals surface area contributed by atoms with Crippen LogP contribution in [0.5, 0.6) is 0 Å². The summed E-state index contributed by atoms with van der Waals surface area (Å²) in [5.41, 5.74) is 0. The van der Waals surface area contributed by atoms with E-state index in [2.05, 4.69) is 20.8 Å². The number of esters is 2. The first kappa shape index (κ1) is 30.0. The lowest BCUT2D eigenvalue weighted by molar-refractivity contribution is -0.356. The molecule has 1 N–H and O–H groups in total. The predicted octanol–water partition coefficient (Wildman–Crippen LogP) is 4.06. The van der Waals surface area contributed by atoms with E-state index in [-0.39, 0.29) is 12.8 Å². The summed E-state index contributed by atoms with van der Waals surface area (Å²) in [6.45, 7) is 0.745. The van der Waals surface area contributed by atoms with Crippen LogP contribution in [0.2, 0.25) is 0 Å². The average Bonchev–Trinajstić information content (AvgIpc) is 2.68. The van der Waals surface area contributed by atoms with Crippen LogP contribution in [0.3, 0.4) is 0 Å². The normalized spacial score (nSPS) is 18.1. The van der Waals surface area contributed by atoms with Gasteiger partial charge in [0.15, 0.2) is 0 Å². The van der Waals surface area contributed by atoms with Crippen molar-refractivity contribution in [2.45, 2.75) is 74.2 Å². The van der Waals surface area contributed by atoms with Gasteiger partial charge in [0.05, 0.1) is 6.61 Å². The Hall–Kier alpha value is -2.01. The zero-order valence-electron chi connectivity index (χ0n) is 17.2. The van der Waals surface area contributed by atoms with Gasteiger partial charge in [-0.05, 0) is 32.1 Å². The number of ether oxygens (including phenoxy) is 3. The highest BCUT2D eigenvalue weighted by molar-refractivity contribution is 7.87. The van der Waals surface area contributed by atoms with Crippen molar-refractivity contribution in [3.63, 3.8) is 0 Å². The summed E-state index contributed by atoms with van der Waals surface area (Å²) in [6.07, 6.45) is -8.79. The number of rotatable bonds is 11. The maximum absolute atomic E-state index is 13.8. The van der Waals surface area contributed by atoms with Crippen LogP contribution in [-0.4, -0.2) is 60.8 Å². The van der Waals surface area contributed by atoms with Gasteiger partial charge in [0.1, 0.15) is 6.10 Å². The maximum Gasteiger partial charge on any atom is 0.468 e. The monoisotopic (exact) mass is 536 g/mol. The van der Waals surface area contributed by atoms with E-state index in [1.807, 2.05) is 0 Å². The minimum atomic E-state index is -6.60. The molecular weight excluding hydrogens is 516 g/mol. The molecule has 0 spiro atoms. The Morgan fingerprint density at radius 3 is 1.97 bits per heavy atom. The van der Waals surface area contributed by atoms with Gasteiger partial charge < -0.3 is 14.2 Å². The smallest absolute Gasteiger partial charge is 0.457 e. The number of halogens is 8. The van der Waals surface area contributed by atoms with Crippen LogP contribution in [0.15, 0.2) is 12.4 Å². The van der Waals surface area contributed by atoms with Crippen molar-refractivity contribution in [1.29, 1.82) is 0 Å². The fraction of sp³-hybridized carbons (Fsp3) is 0.765. The molecule has 34 heavy (non-hydrogen) atoms. The Morgan fingerprint density at radius 2 is 1.53 bits per heavy atom. The van der Waals surface area contributed by atoms with Crippen LogP contribution < -0.4 is 0 Å². The first-order chi connectivity index (χ1) is 15.3. The van der Waals surface area contributed by atoms with Gasteiger partial charge in [0, 0.05) is 6.42 Å². The highest BCUT2D eigenvalue weighted by atomic mass is 32.2. The quantitative estimate of drug-likeness (QED) is 0.105. The second kappa shape index (κ2) is 10.7. The molecule has 1 saturated carbocycles. The van der Waals surface area contributed by atoms with Gasteiger partial charge in [-0.15, -0.1) is 0 Å². The molecule has 0 bridgehead atoms. The minimum absolute atomic E-state index is 0.125. The molecule has 0 amide bonds. The fourth-order valence-corrected chi connectivity index (χ4v) is 3.31. The molecule has 1 aliphatic carbocycles. The van der Waals surface area contributed by atoms with Crippen molar-refractivity contribution >= 4 is 22.1 Å². The lowest BCUT2D eigenvalue weighted by atomic mass is 9.98. The number of hydrogen-bond acceptors (Lipinski definition) is 7.